The lowest BCUT2D eigenvalue weighted by Crippen LogP contribution is -2.38. The van der Waals surface area contributed by atoms with Gasteiger partial charge in [0.1, 0.15) is 0 Å². The Kier molecular flexibility index (Phi) is 10.2. The highest BCUT2D eigenvalue weighted by Crippen LogP contribution is 2.24. The molecule has 0 aliphatic carbocycles. The van der Waals surface area contributed by atoms with Gasteiger partial charge < -0.3 is 10.6 Å². The van der Waals surface area contributed by atoms with E-state index < -0.39 is 0 Å². The van der Waals surface area contributed by atoms with E-state index in [1.165, 1.54) is 11.1 Å². The zero-order valence-corrected chi connectivity index (χ0v) is 19.1. The van der Waals surface area contributed by atoms with Crippen LogP contribution in [0, 0.1) is 0 Å². The van der Waals surface area contributed by atoms with Crippen LogP contribution in [0.2, 0.25) is 0 Å². The van der Waals surface area contributed by atoms with Crippen LogP contribution in [-0.2, 0) is 6.42 Å². The number of rotatable bonds is 8. The minimum absolute atomic E-state index is 0. The van der Waals surface area contributed by atoms with E-state index in [9.17, 15) is 0 Å². The molecular weight excluding hydrogens is 471 g/mol. The van der Waals surface area contributed by atoms with Crippen molar-refractivity contribution < 1.29 is 0 Å². The van der Waals surface area contributed by atoms with E-state index in [0.717, 1.165) is 31.2 Å². The van der Waals surface area contributed by atoms with Crippen molar-refractivity contribution in [3.05, 3.63) is 102 Å². The second-order valence-corrected chi connectivity index (χ2v) is 6.59. The zero-order chi connectivity index (χ0) is 19.4. The van der Waals surface area contributed by atoms with Gasteiger partial charge in [0.15, 0.2) is 5.96 Å². The van der Waals surface area contributed by atoms with Gasteiger partial charge in [0, 0.05) is 37.3 Å². The highest BCUT2D eigenvalue weighted by Gasteiger charge is 2.13. The smallest absolute Gasteiger partial charge is 0.191 e. The summed E-state index contributed by atoms with van der Waals surface area (Å²) in [6, 6.07) is 27.2. The standard InChI is InChI=1S/C24H28N4.HI/c1-2-25-24(27-18-16-22-15-9-10-17-26-22)28-19-23(20-11-5-3-6-12-20)21-13-7-4-8-14-21;/h3-15,17,23H,2,16,18-19H2,1H3,(H2,25,27,28);1H. The van der Waals surface area contributed by atoms with E-state index in [4.69, 9.17) is 4.99 Å². The first-order chi connectivity index (χ1) is 13.9. The Balaban J connectivity index is 0.00000300. The number of hydrogen-bond donors (Lipinski definition) is 2. The summed E-state index contributed by atoms with van der Waals surface area (Å²) in [5.41, 5.74) is 3.64. The van der Waals surface area contributed by atoms with Crippen LogP contribution in [0.5, 0.6) is 0 Å². The second kappa shape index (κ2) is 12.9. The molecule has 0 saturated heterocycles. The summed E-state index contributed by atoms with van der Waals surface area (Å²) in [6.07, 6.45) is 2.70. The fraction of sp³-hybridized carbons (Fsp3) is 0.250. The first-order valence-corrected chi connectivity index (χ1v) is 9.89. The molecule has 3 rings (SSSR count). The van der Waals surface area contributed by atoms with Crippen LogP contribution in [0.4, 0.5) is 0 Å². The normalized spacial score (nSPS) is 11.0. The van der Waals surface area contributed by atoms with Crippen LogP contribution in [0.3, 0.4) is 0 Å². The van der Waals surface area contributed by atoms with E-state index >= 15 is 0 Å². The molecule has 0 saturated carbocycles. The van der Waals surface area contributed by atoms with Crippen molar-refractivity contribution in [1.82, 2.24) is 15.6 Å². The van der Waals surface area contributed by atoms with Gasteiger partial charge >= 0.3 is 0 Å². The minimum Gasteiger partial charge on any atom is -0.357 e. The molecule has 0 spiro atoms. The summed E-state index contributed by atoms with van der Waals surface area (Å²) in [5, 5.41) is 6.77. The van der Waals surface area contributed by atoms with Crippen molar-refractivity contribution >= 4 is 29.9 Å². The molecule has 0 aliphatic heterocycles. The predicted molar refractivity (Wildman–Crippen MR) is 132 cm³/mol. The molecule has 0 amide bonds. The van der Waals surface area contributed by atoms with Gasteiger partial charge in [-0.1, -0.05) is 66.7 Å². The highest BCUT2D eigenvalue weighted by molar-refractivity contribution is 14.0. The number of benzene rings is 2. The maximum atomic E-state index is 4.87. The van der Waals surface area contributed by atoms with Gasteiger partial charge in [0.25, 0.3) is 0 Å². The van der Waals surface area contributed by atoms with Crippen LogP contribution >= 0.6 is 24.0 Å². The Morgan fingerprint density at radius 2 is 1.48 bits per heavy atom. The number of nitrogens with zero attached hydrogens (tertiary/aromatic N) is 2. The van der Waals surface area contributed by atoms with Crippen molar-refractivity contribution in [2.24, 2.45) is 4.99 Å². The SMILES string of the molecule is CCNC(=NCC(c1ccccc1)c1ccccc1)NCCc1ccccn1.I. The maximum Gasteiger partial charge on any atom is 0.191 e. The fourth-order valence-corrected chi connectivity index (χ4v) is 3.15. The highest BCUT2D eigenvalue weighted by atomic mass is 127. The number of pyridine rings is 1. The largest absolute Gasteiger partial charge is 0.357 e. The number of hydrogen-bond acceptors (Lipinski definition) is 2. The van der Waals surface area contributed by atoms with Gasteiger partial charge in [-0.3, -0.25) is 9.98 Å². The molecule has 1 aromatic heterocycles. The number of halogens is 1. The monoisotopic (exact) mass is 500 g/mol. The first-order valence-electron chi connectivity index (χ1n) is 9.89. The van der Waals surface area contributed by atoms with E-state index in [1.807, 2.05) is 24.4 Å². The average molecular weight is 500 g/mol. The average Bonchev–Trinajstić information content (AvgIpc) is 2.76. The molecule has 0 unspecified atom stereocenters. The molecule has 2 N–H and O–H groups in total. The van der Waals surface area contributed by atoms with Crippen LogP contribution < -0.4 is 10.6 Å². The summed E-state index contributed by atoms with van der Waals surface area (Å²) in [7, 11) is 0. The zero-order valence-electron chi connectivity index (χ0n) is 16.8. The Labute approximate surface area is 190 Å². The van der Waals surface area contributed by atoms with Crippen LogP contribution in [0.15, 0.2) is 90.1 Å². The van der Waals surface area contributed by atoms with Crippen molar-refractivity contribution in [3.63, 3.8) is 0 Å². The molecule has 5 heteroatoms. The Bertz CT molecular complexity index is 799. The summed E-state index contributed by atoms with van der Waals surface area (Å²) < 4.78 is 0. The molecule has 29 heavy (non-hydrogen) atoms. The Morgan fingerprint density at radius 3 is 2.03 bits per heavy atom. The predicted octanol–water partition coefficient (Wildman–Crippen LogP) is 4.63. The van der Waals surface area contributed by atoms with Crippen molar-refractivity contribution in [3.8, 4) is 0 Å². The third-order valence-corrected chi connectivity index (χ3v) is 4.58. The molecule has 4 nitrogen and oxygen atoms in total. The Morgan fingerprint density at radius 1 is 0.862 bits per heavy atom. The third kappa shape index (κ3) is 7.49. The second-order valence-electron chi connectivity index (χ2n) is 6.59. The topological polar surface area (TPSA) is 49.3 Å². The molecule has 3 aromatic rings. The van der Waals surface area contributed by atoms with Crippen molar-refractivity contribution in [2.45, 2.75) is 19.3 Å². The van der Waals surface area contributed by atoms with Gasteiger partial charge in [-0.05, 0) is 30.2 Å². The molecule has 0 fully saturated rings. The number of nitrogens with one attached hydrogen (secondary N) is 2. The molecular formula is C24H29IN4. The maximum absolute atomic E-state index is 4.87. The van der Waals surface area contributed by atoms with E-state index in [1.54, 1.807) is 0 Å². The van der Waals surface area contributed by atoms with Gasteiger partial charge in [-0.2, -0.15) is 0 Å². The van der Waals surface area contributed by atoms with Crippen LogP contribution in [0.25, 0.3) is 0 Å². The lowest BCUT2D eigenvalue weighted by molar-refractivity contribution is 0.764. The van der Waals surface area contributed by atoms with Crippen LogP contribution in [-0.4, -0.2) is 30.6 Å². The summed E-state index contributed by atoms with van der Waals surface area (Å²) >= 11 is 0. The van der Waals surface area contributed by atoms with Gasteiger partial charge in [0.2, 0.25) is 0 Å². The number of aromatic nitrogens is 1. The quantitative estimate of drug-likeness (QED) is 0.270. The summed E-state index contributed by atoms with van der Waals surface area (Å²) in [5.74, 6) is 1.07. The Hall–Kier alpha value is -2.41. The molecule has 2 aromatic carbocycles. The first kappa shape index (κ1) is 22.9. The number of aliphatic imine (C=N–C) groups is 1. The fourth-order valence-electron chi connectivity index (χ4n) is 3.15. The van der Waals surface area contributed by atoms with Gasteiger partial charge in [0.05, 0.1) is 6.54 Å². The van der Waals surface area contributed by atoms with Gasteiger partial charge in [-0.25, -0.2) is 0 Å². The van der Waals surface area contributed by atoms with Crippen LogP contribution in [0.1, 0.15) is 29.7 Å². The summed E-state index contributed by atoms with van der Waals surface area (Å²) in [6.45, 7) is 4.40. The van der Waals surface area contributed by atoms with E-state index in [-0.39, 0.29) is 29.9 Å². The van der Waals surface area contributed by atoms with Crippen molar-refractivity contribution in [1.29, 1.82) is 0 Å². The molecule has 1 heterocycles. The third-order valence-electron chi connectivity index (χ3n) is 4.58. The molecule has 0 bridgehead atoms. The molecule has 0 atom stereocenters. The number of guanidine groups is 1. The van der Waals surface area contributed by atoms with E-state index in [2.05, 4.69) is 83.2 Å². The molecule has 0 aliphatic rings. The van der Waals surface area contributed by atoms with E-state index in [0.29, 0.717) is 6.54 Å². The molecule has 0 radical (unpaired) electrons. The summed E-state index contributed by atoms with van der Waals surface area (Å²) in [4.78, 5) is 9.25. The van der Waals surface area contributed by atoms with Gasteiger partial charge in [-0.15, -0.1) is 24.0 Å². The lowest BCUT2D eigenvalue weighted by atomic mass is 9.91. The van der Waals surface area contributed by atoms with Crippen molar-refractivity contribution in [2.75, 3.05) is 19.6 Å². The minimum atomic E-state index is 0. The molecule has 152 valence electrons. The lowest BCUT2D eigenvalue weighted by Gasteiger charge is -2.18.